The number of anilines is 3. The van der Waals surface area contributed by atoms with Crippen LogP contribution in [0.25, 0.3) is 77.2 Å². The minimum atomic E-state index is -2.20. The van der Waals surface area contributed by atoms with Gasteiger partial charge in [-0.15, -0.1) is 0 Å². The molecule has 2 heterocycles. The van der Waals surface area contributed by atoms with Gasteiger partial charge in [-0.1, -0.05) is 103 Å². The second-order valence-corrected chi connectivity index (χ2v) is 15.2. The molecular formula is C54H32F5N3. The topological polar surface area (TPSA) is 13.1 Å². The van der Waals surface area contributed by atoms with E-state index in [0.29, 0.717) is 5.69 Å². The predicted octanol–water partition coefficient (Wildman–Crippen LogP) is 15.4. The monoisotopic (exact) mass is 817 g/mol. The molecule has 0 spiro atoms. The van der Waals surface area contributed by atoms with Crippen molar-refractivity contribution in [1.29, 1.82) is 0 Å². The van der Waals surface area contributed by atoms with Gasteiger partial charge in [-0.05, 0) is 108 Å². The Hall–Kier alpha value is -7.97. The fourth-order valence-corrected chi connectivity index (χ4v) is 8.85. The van der Waals surface area contributed by atoms with Crippen LogP contribution >= 0.6 is 0 Å². The van der Waals surface area contributed by atoms with Gasteiger partial charge in [0.15, 0.2) is 23.3 Å². The Bertz CT molecular complexity index is 3480. The molecule has 0 radical (unpaired) electrons. The van der Waals surface area contributed by atoms with Gasteiger partial charge >= 0.3 is 0 Å². The first-order chi connectivity index (χ1) is 30.4. The summed E-state index contributed by atoms with van der Waals surface area (Å²) in [5, 5.41) is 4.33. The third-order valence-corrected chi connectivity index (χ3v) is 11.7. The SMILES string of the molecule is Fc1c(F)c(F)c(-c2ccc(N(c3ccc(-c4ccc5c(c4)c4ccccc4n5-c4ccccc4)cc3)c3ccc4c(c3)c3ccccc3n4-c3ccccc3)cc2)c(F)c1F. The molecule has 62 heavy (non-hydrogen) atoms. The summed E-state index contributed by atoms with van der Waals surface area (Å²) < 4.78 is 77.0. The lowest BCUT2D eigenvalue weighted by Crippen LogP contribution is -2.10. The molecule has 0 bridgehead atoms. The van der Waals surface area contributed by atoms with E-state index in [-0.39, 0.29) is 5.56 Å². The standard InChI is InChI=1S/C54H32F5N3/c55-50-49(51(56)53(58)54(59)52(50)57)34-21-26-39(27-22-34)60(40-28-30-48-44(32-40)42-16-8-10-18-46(42)62(48)37-13-5-2-6-14-37)38-24-19-33(20-25-38)35-23-29-47-43(31-35)41-15-7-9-17-45(41)61(47)36-11-3-1-4-12-36/h1-32H. The van der Waals surface area contributed by atoms with Gasteiger partial charge in [0, 0.05) is 50.0 Å². The molecule has 298 valence electrons. The summed E-state index contributed by atoms with van der Waals surface area (Å²) >= 11 is 0. The highest BCUT2D eigenvalue weighted by atomic mass is 19.2. The summed E-state index contributed by atoms with van der Waals surface area (Å²) in [6, 6.07) is 63.9. The minimum absolute atomic E-state index is 0.151. The summed E-state index contributed by atoms with van der Waals surface area (Å²) in [6.45, 7) is 0. The van der Waals surface area contributed by atoms with E-state index in [0.717, 1.165) is 77.5 Å². The molecule has 3 nitrogen and oxygen atoms in total. The Kier molecular flexibility index (Phi) is 8.75. The third kappa shape index (κ3) is 5.86. The van der Waals surface area contributed by atoms with Crippen molar-refractivity contribution in [3.8, 4) is 33.6 Å². The molecule has 9 aromatic carbocycles. The zero-order valence-corrected chi connectivity index (χ0v) is 32.7. The van der Waals surface area contributed by atoms with E-state index in [1.807, 2.05) is 71.6 Å². The van der Waals surface area contributed by atoms with Crippen molar-refractivity contribution in [1.82, 2.24) is 9.13 Å². The fourth-order valence-electron chi connectivity index (χ4n) is 8.85. The summed E-state index contributed by atoms with van der Waals surface area (Å²) in [5.41, 5.74) is 9.44. The van der Waals surface area contributed by atoms with Crippen LogP contribution in [0.15, 0.2) is 194 Å². The van der Waals surface area contributed by atoms with Crippen molar-refractivity contribution >= 4 is 60.7 Å². The third-order valence-electron chi connectivity index (χ3n) is 11.7. The summed E-state index contributed by atoms with van der Waals surface area (Å²) in [4.78, 5) is 2.01. The van der Waals surface area contributed by atoms with Crippen molar-refractivity contribution < 1.29 is 22.0 Å². The number of hydrogen-bond acceptors (Lipinski definition) is 1. The molecule has 8 heteroatoms. The van der Waals surface area contributed by atoms with E-state index >= 15 is 0 Å². The highest BCUT2D eigenvalue weighted by Crippen LogP contribution is 2.42. The van der Waals surface area contributed by atoms with Crippen LogP contribution in [0.2, 0.25) is 0 Å². The molecule has 0 atom stereocenters. The van der Waals surface area contributed by atoms with Crippen molar-refractivity contribution in [2.45, 2.75) is 0 Å². The average Bonchev–Trinajstić information content (AvgIpc) is 3.84. The lowest BCUT2D eigenvalue weighted by Gasteiger charge is -2.26. The summed E-state index contributed by atoms with van der Waals surface area (Å²) in [7, 11) is 0. The van der Waals surface area contributed by atoms with Crippen LogP contribution < -0.4 is 4.90 Å². The first-order valence-corrected chi connectivity index (χ1v) is 20.1. The van der Waals surface area contributed by atoms with E-state index in [4.69, 9.17) is 0 Å². The van der Waals surface area contributed by atoms with Gasteiger partial charge in [0.2, 0.25) is 5.82 Å². The first kappa shape index (κ1) is 37.1. The number of halogens is 5. The zero-order valence-electron chi connectivity index (χ0n) is 32.7. The van der Waals surface area contributed by atoms with Gasteiger partial charge in [0.05, 0.1) is 27.6 Å². The Morgan fingerprint density at radius 3 is 1.21 bits per heavy atom. The van der Waals surface area contributed by atoms with E-state index < -0.39 is 34.6 Å². The Morgan fingerprint density at radius 1 is 0.290 bits per heavy atom. The molecule has 0 amide bonds. The smallest absolute Gasteiger partial charge is 0.200 e. The molecule has 0 saturated carbocycles. The highest BCUT2D eigenvalue weighted by Gasteiger charge is 2.27. The van der Waals surface area contributed by atoms with Crippen LogP contribution in [-0.2, 0) is 0 Å². The Labute approximate surface area is 352 Å². The van der Waals surface area contributed by atoms with Gasteiger partial charge < -0.3 is 14.0 Å². The molecule has 0 fully saturated rings. The molecular weight excluding hydrogens is 786 g/mol. The lowest BCUT2D eigenvalue weighted by atomic mass is 10.0. The van der Waals surface area contributed by atoms with E-state index in [1.54, 1.807) is 12.1 Å². The summed E-state index contributed by atoms with van der Waals surface area (Å²) in [5.74, 6) is -9.95. The van der Waals surface area contributed by atoms with Crippen molar-refractivity contribution in [2.75, 3.05) is 4.90 Å². The number of benzene rings is 9. The molecule has 2 aromatic heterocycles. The fraction of sp³-hybridized carbons (Fsp3) is 0. The van der Waals surface area contributed by atoms with E-state index in [9.17, 15) is 22.0 Å². The van der Waals surface area contributed by atoms with Crippen LogP contribution in [-0.4, -0.2) is 9.13 Å². The lowest BCUT2D eigenvalue weighted by molar-refractivity contribution is 0.381. The largest absolute Gasteiger partial charge is 0.310 e. The zero-order chi connectivity index (χ0) is 42.1. The van der Waals surface area contributed by atoms with Gasteiger partial charge in [-0.25, -0.2) is 22.0 Å². The van der Waals surface area contributed by atoms with Gasteiger partial charge in [0.1, 0.15) is 0 Å². The second kappa shape index (κ2) is 14.6. The molecule has 11 aromatic rings. The van der Waals surface area contributed by atoms with Crippen molar-refractivity contribution in [3.05, 3.63) is 223 Å². The van der Waals surface area contributed by atoms with Crippen LogP contribution in [0, 0.1) is 29.1 Å². The maximum Gasteiger partial charge on any atom is 0.200 e. The molecule has 0 aliphatic carbocycles. The number of nitrogens with zero attached hydrogens (tertiary/aromatic N) is 3. The highest BCUT2D eigenvalue weighted by molar-refractivity contribution is 6.12. The maximum absolute atomic E-state index is 15.0. The molecule has 0 aliphatic rings. The van der Waals surface area contributed by atoms with Crippen molar-refractivity contribution in [3.63, 3.8) is 0 Å². The predicted molar refractivity (Wildman–Crippen MR) is 240 cm³/mol. The molecule has 0 aliphatic heterocycles. The number of para-hydroxylation sites is 4. The molecule has 0 N–H and O–H groups in total. The van der Waals surface area contributed by atoms with Gasteiger partial charge in [-0.2, -0.15) is 0 Å². The molecule has 0 saturated heterocycles. The van der Waals surface area contributed by atoms with Crippen LogP contribution in [0.3, 0.4) is 0 Å². The second-order valence-electron chi connectivity index (χ2n) is 15.2. The number of aromatic nitrogens is 2. The molecule has 0 unspecified atom stereocenters. The van der Waals surface area contributed by atoms with E-state index in [1.165, 1.54) is 12.1 Å². The number of rotatable bonds is 7. The average molecular weight is 818 g/mol. The van der Waals surface area contributed by atoms with Crippen LogP contribution in [0.5, 0.6) is 0 Å². The normalized spacial score (nSPS) is 11.6. The van der Waals surface area contributed by atoms with Crippen molar-refractivity contribution in [2.24, 2.45) is 0 Å². The van der Waals surface area contributed by atoms with Gasteiger partial charge in [-0.3, -0.25) is 0 Å². The van der Waals surface area contributed by atoms with Crippen LogP contribution in [0.1, 0.15) is 0 Å². The van der Waals surface area contributed by atoms with E-state index in [2.05, 4.69) is 112 Å². The number of hydrogen-bond donors (Lipinski definition) is 0. The Morgan fingerprint density at radius 2 is 0.677 bits per heavy atom. The molecule has 11 rings (SSSR count). The summed E-state index contributed by atoms with van der Waals surface area (Å²) in [6.07, 6.45) is 0. The maximum atomic E-state index is 15.0. The first-order valence-electron chi connectivity index (χ1n) is 20.1. The van der Waals surface area contributed by atoms with Crippen LogP contribution in [0.4, 0.5) is 39.0 Å². The number of fused-ring (bicyclic) bond motifs is 6. The quantitative estimate of drug-likeness (QED) is 0.0887. The minimum Gasteiger partial charge on any atom is -0.310 e. The Balaban J connectivity index is 1.05. The van der Waals surface area contributed by atoms with Gasteiger partial charge in [0.25, 0.3) is 0 Å².